The van der Waals surface area contributed by atoms with Crippen LogP contribution in [0.15, 0.2) is 18.2 Å². The Bertz CT molecular complexity index is 576. The van der Waals surface area contributed by atoms with Crippen LogP contribution in [0.4, 0.5) is 0 Å². The normalized spacial score (nSPS) is 11.8. The molecule has 6 nitrogen and oxygen atoms in total. The zero-order valence-corrected chi connectivity index (χ0v) is 13.3. The van der Waals surface area contributed by atoms with Crippen LogP contribution in [0.25, 0.3) is 0 Å². The lowest BCUT2D eigenvalue weighted by Gasteiger charge is -2.13. The molecule has 0 amide bonds. The van der Waals surface area contributed by atoms with Crippen LogP contribution < -0.4 is 5.32 Å². The summed E-state index contributed by atoms with van der Waals surface area (Å²) in [6, 6.07) is 3.09. The van der Waals surface area contributed by atoms with Crippen LogP contribution in [-0.2, 0) is 14.3 Å². The fourth-order valence-electron chi connectivity index (χ4n) is 1.64. The molecule has 1 rings (SSSR count). The van der Waals surface area contributed by atoms with Gasteiger partial charge in [-0.1, -0.05) is 23.2 Å². The molecule has 1 atom stereocenters. The van der Waals surface area contributed by atoms with Crippen molar-refractivity contribution in [1.82, 2.24) is 5.32 Å². The highest BCUT2D eigenvalue weighted by molar-refractivity contribution is 6.42. The molecular formula is C14H15Cl2NO5. The van der Waals surface area contributed by atoms with Crippen molar-refractivity contribution in [2.75, 3.05) is 13.2 Å². The monoisotopic (exact) mass is 347 g/mol. The number of hydrogen-bond donors (Lipinski definition) is 2. The van der Waals surface area contributed by atoms with E-state index in [9.17, 15) is 14.4 Å². The summed E-state index contributed by atoms with van der Waals surface area (Å²) in [5.74, 6) is -2.25. The SMILES string of the molecule is CCOC(=O)CNC(CC(=O)c1ccc(Cl)c(Cl)c1)C(=O)O. The minimum Gasteiger partial charge on any atom is -0.480 e. The van der Waals surface area contributed by atoms with Crippen molar-refractivity contribution < 1.29 is 24.2 Å². The molecule has 2 N–H and O–H groups in total. The molecule has 0 spiro atoms. The zero-order valence-electron chi connectivity index (χ0n) is 11.8. The maximum Gasteiger partial charge on any atom is 0.321 e. The van der Waals surface area contributed by atoms with Crippen LogP contribution >= 0.6 is 23.2 Å². The van der Waals surface area contributed by atoms with Crippen molar-refractivity contribution in [3.8, 4) is 0 Å². The molecule has 1 unspecified atom stereocenters. The predicted molar refractivity (Wildman–Crippen MR) is 81.5 cm³/mol. The molecule has 0 fully saturated rings. The Kier molecular flexibility index (Phi) is 7.31. The van der Waals surface area contributed by atoms with Crippen LogP contribution in [0.5, 0.6) is 0 Å². The quantitative estimate of drug-likeness (QED) is 0.553. The molecule has 1 aromatic carbocycles. The first-order chi connectivity index (χ1) is 10.3. The molecule has 22 heavy (non-hydrogen) atoms. The van der Waals surface area contributed by atoms with Gasteiger partial charge in [-0.05, 0) is 25.1 Å². The Labute approximate surface area is 137 Å². The van der Waals surface area contributed by atoms with E-state index >= 15 is 0 Å². The second-order valence-electron chi connectivity index (χ2n) is 4.33. The van der Waals surface area contributed by atoms with Crippen LogP contribution in [0.2, 0.25) is 10.0 Å². The number of esters is 1. The summed E-state index contributed by atoms with van der Waals surface area (Å²) in [7, 11) is 0. The van der Waals surface area contributed by atoms with Gasteiger partial charge >= 0.3 is 11.9 Å². The van der Waals surface area contributed by atoms with Crippen molar-refractivity contribution in [3.05, 3.63) is 33.8 Å². The standard InChI is InChI=1S/C14H15Cl2NO5/c1-2-22-13(19)7-17-11(14(20)21)6-12(18)8-3-4-9(15)10(16)5-8/h3-5,11,17H,2,6-7H2,1H3,(H,20,21). The number of carbonyl (C=O) groups is 3. The number of benzene rings is 1. The lowest BCUT2D eigenvalue weighted by atomic mass is 10.0. The largest absolute Gasteiger partial charge is 0.480 e. The smallest absolute Gasteiger partial charge is 0.321 e. The van der Waals surface area contributed by atoms with Crippen molar-refractivity contribution in [1.29, 1.82) is 0 Å². The van der Waals surface area contributed by atoms with Crippen LogP contribution in [-0.4, -0.2) is 42.0 Å². The Morgan fingerprint density at radius 2 is 1.95 bits per heavy atom. The van der Waals surface area contributed by atoms with Crippen LogP contribution in [0.3, 0.4) is 0 Å². The van der Waals surface area contributed by atoms with Crippen molar-refractivity contribution in [2.45, 2.75) is 19.4 Å². The van der Waals surface area contributed by atoms with Gasteiger partial charge < -0.3 is 9.84 Å². The average molecular weight is 348 g/mol. The van der Waals surface area contributed by atoms with Gasteiger partial charge in [-0.3, -0.25) is 19.7 Å². The number of carboxylic acids is 1. The third kappa shape index (κ3) is 5.63. The molecule has 0 aromatic heterocycles. The van der Waals surface area contributed by atoms with E-state index < -0.39 is 23.8 Å². The molecule has 1 aromatic rings. The molecule has 0 aliphatic rings. The van der Waals surface area contributed by atoms with Gasteiger partial charge in [0.2, 0.25) is 0 Å². The van der Waals surface area contributed by atoms with Gasteiger partial charge in [0.25, 0.3) is 0 Å². The molecule has 0 bridgehead atoms. The first-order valence-corrected chi connectivity index (χ1v) is 7.20. The third-order valence-electron chi connectivity index (χ3n) is 2.73. The lowest BCUT2D eigenvalue weighted by molar-refractivity contribution is -0.143. The number of hydrogen-bond acceptors (Lipinski definition) is 5. The first kappa shape index (κ1) is 18.4. The lowest BCUT2D eigenvalue weighted by Crippen LogP contribution is -2.41. The molecule has 8 heteroatoms. The molecule has 120 valence electrons. The highest BCUT2D eigenvalue weighted by atomic mass is 35.5. The summed E-state index contributed by atoms with van der Waals surface area (Å²) >= 11 is 11.6. The van der Waals surface area contributed by atoms with Gasteiger partial charge in [0.05, 0.1) is 23.2 Å². The molecular weight excluding hydrogens is 333 g/mol. The molecule has 0 saturated heterocycles. The van der Waals surface area contributed by atoms with Crippen LogP contribution in [0.1, 0.15) is 23.7 Å². The number of nitrogens with one attached hydrogen (secondary N) is 1. The van der Waals surface area contributed by atoms with Gasteiger partial charge in [-0.15, -0.1) is 0 Å². The number of aliphatic carboxylic acids is 1. The first-order valence-electron chi connectivity index (χ1n) is 6.45. The Hall–Kier alpha value is -1.63. The van der Waals surface area contributed by atoms with Crippen molar-refractivity contribution >= 4 is 40.9 Å². The fourth-order valence-corrected chi connectivity index (χ4v) is 1.94. The van der Waals surface area contributed by atoms with Crippen LogP contribution in [0, 0.1) is 0 Å². The predicted octanol–water partition coefficient (Wildman–Crippen LogP) is 2.17. The molecule has 0 heterocycles. The number of carbonyl (C=O) groups excluding carboxylic acids is 2. The van der Waals surface area contributed by atoms with Gasteiger partial charge in [0.1, 0.15) is 6.04 Å². The van der Waals surface area contributed by atoms with Gasteiger partial charge in [-0.25, -0.2) is 0 Å². The highest BCUT2D eigenvalue weighted by Gasteiger charge is 2.23. The second kappa shape index (κ2) is 8.73. The van der Waals surface area contributed by atoms with E-state index in [-0.39, 0.29) is 30.2 Å². The third-order valence-corrected chi connectivity index (χ3v) is 3.47. The topological polar surface area (TPSA) is 92.7 Å². The second-order valence-corrected chi connectivity index (χ2v) is 5.15. The molecule has 0 saturated carbocycles. The molecule has 0 aliphatic heterocycles. The number of rotatable bonds is 8. The van der Waals surface area contributed by atoms with Crippen molar-refractivity contribution in [2.24, 2.45) is 0 Å². The summed E-state index contributed by atoms with van der Waals surface area (Å²) in [5.41, 5.74) is 0.249. The van der Waals surface area contributed by atoms with E-state index in [0.717, 1.165) is 0 Å². The Morgan fingerprint density at radius 3 is 2.50 bits per heavy atom. The number of ketones is 1. The van der Waals surface area contributed by atoms with Gasteiger partial charge in [0.15, 0.2) is 5.78 Å². The van der Waals surface area contributed by atoms with E-state index in [2.05, 4.69) is 10.1 Å². The Morgan fingerprint density at radius 1 is 1.27 bits per heavy atom. The van der Waals surface area contributed by atoms with E-state index in [4.69, 9.17) is 28.3 Å². The maximum absolute atomic E-state index is 12.1. The minimum atomic E-state index is -1.24. The number of halogens is 2. The molecule has 0 radical (unpaired) electrons. The minimum absolute atomic E-state index is 0.195. The summed E-state index contributed by atoms with van der Waals surface area (Å²) in [4.78, 5) is 34.4. The summed E-state index contributed by atoms with van der Waals surface area (Å²) in [6.07, 6.45) is -0.327. The van der Waals surface area contributed by atoms with E-state index in [1.165, 1.54) is 18.2 Å². The maximum atomic E-state index is 12.1. The fraction of sp³-hybridized carbons (Fsp3) is 0.357. The number of carboxylic acid groups (broad SMARTS) is 1. The summed E-state index contributed by atoms with van der Waals surface area (Å²) in [5, 5.41) is 12.1. The number of ether oxygens (including phenoxy) is 1. The van der Waals surface area contributed by atoms with E-state index in [1.54, 1.807) is 6.92 Å². The van der Waals surface area contributed by atoms with E-state index in [1.807, 2.05) is 0 Å². The summed E-state index contributed by atoms with van der Waals surface area (Å²) in [6.45, 7) is 1.54. The summed E-state index contributed by atoms with van der Waals surface area (Å²) < 4.78 is 4.68. The Balaban J connectivity index is 2.69. The van der Waals surface area contributed by atoms with Gasteiger partial charge in [0, 0.05) is 12.0 Å². The number of Topliss-reactive ketones (excluding diaryl/α,β-unsaturated/α-hetero) is 1. The average Bonchev–Trinajstić information content (AvgIpc) is 2.46. The highest BCUT2D eigenvalue weighted by Crippen LogP contribution is 2.23. The zero-order chi connectivity index (χ0) is 16.7. The van der Waals surface area contributed by atoms with E-state index in [0.29, 0.717) is 5.02 Å². The van der Waals surface area contributed by atoms with Gasteiger partial charge in [-0.2, -0.15) is 0 Å². The van der Waals surface area contributed by atoms with Crippen molar-refractivity contribution in [3.63, 3.8) is 0 Å². The molecule has 0 aliphatic carbocycles.